The number of ether oxygens (including phenoxy) is 4. The van der Waals surface area contributed by atoms with Gasteiger partial charge in [-0.2, -0.15) is 19.9 Å². The molecule has 2 aliphatic heterocycles. The monoisotopic (exact) mass is 735 g/mol. The molecule has 6 rings (SSSR count). The Hall–Kier alpha value is -4.19. The lowest BCUT2D eigenvalue weighted by atomic mass is 9.89. The van der Waals surface area contributed by atoms with Crippen LogP contribution in [0.1, 0.15) is 69.4 Å². The smallest absolute Gasteiger partial charge is 0.321 e. The fourth-order valence-corrected chi connectivity index (χ4v) is 6.21. The van der Waals surface area contributed by atoms with E-state index in [0.717, 1.165) is 37.7 Å². The topological polar surface area (TPSA) is 107 Å². The summed E-state index contributed by atoms with van der Waals surface area (Å²) in [5, 5.41) is 3.68. The molecule has 2 saturated heterocycles. The van der Waals surface area contributed by atoms with Crippen molar-refractivity contribution in [3.63, 3.8) is 0 Å². The Labute approximate surface area is 316 Å². The highest BCUT2D eigenvalue weighted by Gasteiger charge is 2.22. The first-order chi connectivity index (χ1) is 25.4. The Balaban J connectivity index is 0.000000206. The fraction of sp³-hybridized carbons (Fsp3) is 0.500. The maximum absolute atomic E-state index is 5.60. The van der Waals surface area contributed by atoms with Crippen molar-refractivity contribution in [1.82, 2.24) is 30.2 Å². The Bertz CT molecular complexity index is 1470. The van der Waals surface area contributed by atoms with Crippen LogP contribution in [0.5, 0.6) is 23.8 Å². The third-order valence-corrected chi connectivity index (χ3v) is 9.34. The third kappa shape index (κ3) is 14.4. The van der Waals surface area contributed by atoms with Crippen molar-refractivity contribution in [2.75, 3.05) is 79.2 Å². The van der Waals surface area contributed by atoms with Crippen molar-refractivity contribution in [1.29, 1.82) is 0 Å². The van der Waals surface area contributed by atoms with Gasteiger partial charge in [0, 0.05) is 25.2 Å². The van der Waals surface area contributed by atoms with Gasteiger partial charge in [0.1, 0.15) is 11.0 Å². The summed E-state index contributed by atoms with van der Waals surface area (Å²) >= 11 is 5.60. The molecule has 0 aliphatic carbocycles. The predicted octanol–water partition coefficient (Wildman–Crippen LogP) is 7.53. The van der Waals surface area contributed by atoms with Crippen LogP contribution in [0.15, 0.2) is 72.8 Å². The number of anilines is 1. The SMILES string of the molecule is CCN(CC)CC.COc1cc(Cl)nc(OC)n1.COc1cc(N2CCC(c3ccccc3)CC2)nc(OC)n1.c1ccc(C2CCNCC2)cc1. The normalized spacial score (nSPS) is 14.4. The van der Waals surface area contributed by atoms with E-state index in [0.29, 0.717) is 28.8 Å². The molecule has 2 aromatic heterocycles. The minimum absolute atomic E-state index is 0.203. The Morgan fingerprint density at radius 3 is 1.54 bits per heavy atom. The quantitative estimate of drug-likeness (QED) is 0.163. The largest absolute Gasteiger partial charge is 0.481 e. The average Bonchev–Trinajstić information content (AvgIpc) is 3.22. The standard InChI is InChI=1S/C17H21N3O2.C11H15N.C6H7ClN2O2.C6H15N/c1-21-16-12-15(18-17(19-16)22-2)20-10-8-14(9-11-20)13-6-4-3-5-7-13;1-2-4-10(5-3-1)11-6-8-12-9-7-11;1-10-5-3-4(7)8-6(9-5)11-2;1-4-7(5-2)6-3/h3-7,12,14H,8-11H2,1-2H3;1-5,11-12H,6-9H2;3H,1-2H3;4-6H2,1-3H3. The van der Waals surface area contributed by atoms with Crippen molar-refractivity contribution < 1.29 is 18.9 Å². The highest BCUT2D eigenvalue weighted by atomic mass is 35.5. The molecule has 1 N–H and O–H groups in total. The van der Waals surface area contributed by atoms with Crippen LogP contribution in [0, 0.1) is 0 Å². The first kappa shape index (κ1) is 42.2. The molecule has 4 heterocycles. The summed E-state index contributed by atoms with van der Waals surface area (Å²) in [5.74, 6) is 3.22. The molecule has 11 nitrogen and oxygen atoms in total. The van der Waals surface area contributed by atoms with Crippen LogP contribution in [-0.2, 0) is 0 Å². The van der Waals surface area contributed by atoms with E-state index in [9.17, 15) is 0 Å². The summed E-state index contributed by atoms with van der Waals surface area (Å²) in [6.45, 7) is 14.4. The number of piperidine rings is 2. The summed E-state index contributed by atoms with van der Waals surface area (Å²) in [6, 6.07) is 25.5. The predicted molar refractivity (Wildman–Crippen MR) is 211 cm³/mol. The number of benzene rings is 2. The van der Waals surface area contributed by atoms with Crippen LogP contribution in [-0.4, -0.2) is 99.1 Å². The molecule has 2 aliphatic rings. The van der Waals surface area contributed by atoms with E-state index in [4.69, 9.17) is 30.5 Å². The minimum Gasteiger partial charge on any atom is -0.481 e. The molecule has 0 unspecified atom stereocenters. The molecule has 0 radical (unpaired) electrons. The summed E-state index contributed by atoms with van der Waals surface area (Å²) in [4.78, 5) is 20.8. The number of rotatable bonds is 10. The summed E-state index contributed by atoms with van der Waals surface area (Å²) in [5.41, 5.74) is 2.94. The van der Waals surface area contributed by atoms with Crippen LogP contribution in [0.3, 0.4) is 0 Å². The zero-order valence-corrected chi connectivity index (χ0v) is 32.8. The molecular formula is C40H58ClN7O4. The molecule has 0 spiro atoms. The molecule has 0 atom stereocenters. The third-order valence-electron chi connectivity index (χ3n) is 9.14. The van der Waals surface area contributed by atoms with Crippen LogP contribution >= 0.6 is 11.6 Å². The van der Waals surface area contributed by atoms with Crippen molar-refractivity contribution in [2.24, 2.45) is 0 Å². The second kappa shape index (κ2) is 24.1. The molecule has 0 amide bonds. The Morgan fingerprint density at radius 1 is 0.635 bits per heavy atom. The number of hydrogen-bond donors (Lipinski definition) is 1. The van der Waals surface area contributed by atoms with Crippen molar-refractivity contribution in [2.45, 2.75) is 58.3 Å². The molecule has 12 heteroatoms. The molecule has 52 heavy (non-hydrogen) atoms. The lowest BCUT2D eigenvalue weighted by Crippen LogP contribution is -2.33. The van der Waals surface area contributed by atoms with Crippen molar-refractivity contribution in [3.8, 4) is 23.8 Å². The molecule has 284 valence electrons. The zero-order chi connectivity index (χ0) is 37.6. The lowest BCUT2D eigenvalue weighted by Gasteiger charge is -2.33. The van der Waals surface area contributed by atoms with Crippen molar-refractivity contribution >= 4 is 17.4 Å². The van der Waals surface area contributed by atoms with Crippen LogP contribution in [0.25, 0.3) is 0 Å². The Kier molecular flexibility index (Phi) is 19.6. The van der Waals surface area contributed by atoms with Gasteiger partial charge in [-0.15, -0.1) is 0 Å². The molecular weight excluding hydrogens is 678 g/mol. The van der Waals surface area contributed by atoms with Gasteiger partial charge < -0.3 is 34.1 Å². The van der Waals surface area contributed by atoms with Gasteiger partial charge in [-0.1, -0.05) is 93.0 Å². The van der Waals surface area contributed by atoms with Gasteiger partial charge in [0.15, 0.2) is 0 Å². The second-order valence-electron chi connectivity index (χ2n) is 12.2. The van der Waals surface area contributed by atoms with Gasteiger partial charge in [-0.3, -0.25) is 0 Å². The fourth-order valence-electron chi connectivity index (χ4n) is 6.04. The van der Waals surface area contributed by atoms with Gasteiger partial charge in [0.2, 0.25) is 11.8 Å². The van der Waals surface area contributed by atoms with Gasteiger partial charge in [0.25, 0.3) is 0 Å². The van der Waals surface area contributed by atoms with Gasteiger partial charge in [-0.05, 0) is 81.4 Å². The summed E-state index contributed by atoms with van der Waals surface area (Å²) in [7, 11) is 6.14. The maximum atomic E-state index is 5.60. The van der Waals surface area contributed by atoms with Crippen LogP contribution < -0.4 is 29.2 Å². The number of nitrogens with zero attached hydrogens (tertiary/aromatic N) is 6. The van der Waals surface area contributed by atoms with Crippen LogP contribution in [0.2, 0.25) is 5.15 Å². The van der Waals surface area contributed by atoms with Gasteiger partial charge >= 0.3 is 12.0 Å². The maximum Gasteiger partial charge on any atom is 0.321 e. The van der Waals surface area contributed by atoms with E-state index in [2.05, 4.69) is 116 Å². The molecule has 2 fully saturated rings. The van der Waals surface area contributed by atoms with Crippen LogP contribution in [0.4, 0.5) is 5.82 Å². The highest BCUT2D eigenvalue weighted by molar-refractivity contribution is 6.29. The first-order valence-corrected chi connectivity index (χ1v) is 18.6. The van der Waals surface area contributed by atoms with E-state index in [1.807, 2.05) is 6.07 Å². The van der Waals surface area contributed by atoms with E-state index < -0.39 is 0 Å². The van der Waals surface area contributed by atoms with E-state index >= 15 is 0 Å². The summed E-state index contributed by atoms with van der Waals surface area (Å²) < 4.78 is 19.9. The van der Waals surface area contributed by atoms with E-state index in [-0.39, 0.29) is 6.01 Å². The zero-order valence-electron chi connectivity index (χ0n) is 32.1. The number of hydrogen-bond acceptors (Lipinski definition) is 11. The molecule has 4 aromatic rings. The van der Waals surface area contributed by atoms with E-state index in [1.54, 1.807) is 14.2 Å². The Morgan fingerprint density at radius 2 is 1.10 bits per heavy atom. The summed E-state index contributed by atoms with van der Waals surface area (Å²) in [6.07, 6.45) is 4.84. The van der Waals surface area contributed by atoms with Gasteiger partial charge in [-0.25, -0.2) is 0 Å². The number of nitrogens with one attached hydrogen (secondary N) is 1. The van der Waals surface area contributed by atoms with Gasteiger partial charge in [0.05, 0.1) is 28.4 Å². The number of methoxy groups -OCH3 is 4. The highest BCUT2D eigenvalue weighted by Crippen LogP contribution is 2.31. The second-order valence-corrected chi connectivity index (χ2v) is 12.6. The minimum atomic E-state index is 0.203. The number of halogens is 1. The molecule has 2 aromatic carbocycles. The first-order valence-electron chi connectivity index (χ1n) is 18.2. The lowest BCUT2D eigenvalue weighted by molar-refractivity contribution is 0.321. The van der Waals surface area contributed by atoms with E-state index in [1.165, 1.54) is 77.0 Å². The van der Waals surface area contributed by atoms with Crippen molar-refractivity contribution in [3.05, 3.63) is 89.1 Å². The molecule has 0 bridgehead atoms. The molecule has 0 saturated carbocycles. The number of aromatic nitrogens is 4. The average molecular weight is 736 g/mol.